The van der Waals surface area contributed by atoms with Gasteiger partial charge in [-0.15, -0.1) is 0 Å². The van der Waals surface area contributed by atoms with Crippen molar-refractivity contribution in [1.29, 1.82) is 0 Å². The summed E-state index contributed by atoms with van der Waals surface area (Å²) in [6.07, 6.45) is 0. The summed E-state index contributed by atoms with van der Waals surface area (Å²) >= 11 is 0. The van der Waals surface area contributed by atoms with Gasteiger partial charge < -0.3 is 4.42 Å². The number of furan rings is 1. The summed E-state index contributed by atoms with van der Waals surface area (Å²) in [6.45, 7) is 0. The Morgan fingerprint density at radius 2 is 0.884 bits per heavy atom. The molecular formula is C42H26O. The van der Waals surface area contributed by atoms with E-state index < -0.39 is 245 Å². The molecule has 0 atom stereocenters. The Morgan fingerprint density at radius 1 is 0.372 bits per heavy atom. The van der Waals surface area contributed by atoms with E-state index >= 15 is 0 Å². The van der Waals surface area contributed by atoms with Gasteiger partial charge in [-0.05, 0) is 83.8 Å². The average Bonchev–Trinajstić information content (AvgIpc) is 3.72. The minimum Gasteiger partial charge on any atom is -0.456 e. The van der Waals surface area contributed by atoms with Crippen LogP contribution in [0.2, 0.25) is 0 Å². The van der Waals surface area contributed by atoms with Gasteiger partial charge in [0.2, 0.25) is 0 Å². The molecule has 0 spiro atoms. The topological polar surface area (TPSA) is 13.1 Å². The maximum absolute atomic E-state index is 9.82. The van der Waals surface area contributed by atoms with Gasteiger partial charge in [-0.3, -0.25) is 0 Å². The lowest BCUT2D eigenvalue weighted by molar-refractivity contribution is 0.669. The molecule has 0 radical (unpaired) electrons. The minimum absolute atomic E-state index is 0.472. The van der Waals surface area contributed by atoms with E-state index in [1.165, 1.54) is 0 Å². The van der Waals surface area contributed by atoms with Crippen molar-refractivity contribution in [3.05, 3.63) is 157 Å². The van der Waals surface area contributed by atoms with Crippen LogP contribution in [0.3, 0.4) is 0 Å². The van der Waals surface area contributed by atoms with Gasteiger partial charge in [0, 0.05) is 10.8 Å². The molecule has 9 rings (SSSR count). The molecule has 0 aliphatic heterocycles. The largest absolute Gasteiger partial charge is 0.456 e. The Hall–Kier alpha value is -5.66. The maximum Gasteiger partial charge on any atom is 0.136 e. The van der Waals surface area contributed by atoms with Gasteiger partial charge in [0.25, 0.3) is 0 Å². The second-order valence-corrected chi connectivity index (χ2v) is 9.26. The maximum atomic E-state index is 9.82. The third-order valence-corrected chi connectivity index (χ3v) is 7.01. The van der Waals surface area contributed by atoms with Crippen LogP contribution in [0, 0.1) is 0 Å². The predicted octanol–water partition coefficient (Wildman–Crippen LogP) is 12.0. The first-order chi connectivity index (χ1) is 32.2. The molecule has 0 amide bonds. The van der Waals surface area contributed by atoms with Crippen molar-refractivity contribution in [2.45, 2.75) is 0 Å². The average molecular weight is 573 g/mol. The monoisotopic (exact) mass is 572 g/mol. The molecule has 1 nitrogen and oxygen atoms in total. The first-order valence-electron chi connectivity index (χ1n) is 25.7. The molecule has 1 heterocycles. The Labute approximate surface area is 285 Å². The van der Waals surface area contributed by atoms with Gasteiger partial charge in [-0.25, -0.2) is 0 Å². The quantitative estimate of drug-likeness (QED) is 0.192. The Bertz CT molecular complexity index is 3880. The van der Waals surface area contributed by atoms with E-state index in [2.05, 4.69) is 0 Å². The molecule has 0 unspecified atom stereocenters. The molecule has 0 aliphatic rings. The van der Waals surface area contributed by atoms with Gasteiger partial charge in [-0.1, -0.05) is 139 Å². The summed E-state index contributed by atoms with van der Waals surface area (Å²) in [5, 5.41) is -5.13. The second-order valence-electron chi connectivity index (χ2n) is 9.26. The van der Waals surface area contributed by atoms with E-state index in [1.54, 1.807) is 0 Å². The number of para-hydroxylation sites is 1. The van der Waals surface area contributed by atoms with Gasteiger partial charge >= 0.3 is 0 Å². The van der Waals surface area contributed by atoms with Gasteiger partial charge in [-0.2, -0.15) is 0 Å². The summed E-state index contributed by atoms with van der Waals surface area (Å²) in [5.74, 6) is 0. The van der Waals surface area contributed by atoms with Crippen LogP contribution >= 0.6 is 0 Å². The molecule has 0 bridgehead atoms. The van der Waals surface area contributed by atoms with Crippen molar-refractivity contribution in [1.82, 2.24) is 0 Å². The molecule has 1 heteroatoms. The molecule has 200 valence electrons. The molecule has 0 saturated carbocycles. The van der Waals surface area contributed by atoms with Gasteiger partial charge in [0.1, 0.15) is 11.2 Å². The van der Waals surface area contributed by atoms with Crippen molar-refractivity contribution >= 4 is 54.3 Å². The molecule has 0 fully saturated rings. The zero-order valence-electron chi connectivity index (χ0n) is 47.4. The summed E-state index contributed by atoms with van der Waals surface area (Å²) in [5.41, 5.74) is -5.71. The lowest BCUT2D eigenvalue weighted by Gasteiger charge is -2.19. The van der Waals surface area contributed by atoms with E-state index in [0.717, 1.165) is 0 Å². The minimum atomic E-state index is -1.07. The fraction of sp³-hybridized carbons (Fsp3) is 0. The Morgan fingerprint density at radius 3 is 1.65 bits per heavy atom. The van der Waals surface area contributed by atoms with Crippen LogP contribution in [-0.2, 0) is 0 Å². The zero-order chi connectivity index (χ0) is 51.0. The lowest BCUT2D eigenvalue weighted by Crippen LogP contribution is -1.91. The highest BCUT2D eigenvalue weighted by Crippen LogP contribution is 2.47. The molecule has 0 N–H and O–H groups in total. The zero-order valence-corrected chi connectivity index (χ0v) is 21.4. The van der Waals surface area contributed by atoms with Gasteiger partial charge in [0.05, 0.1) is 35.6 Å². The standard InChI is InChI=1S/C42H26O/c1-2-16-30-27(12-1)13-10-22-31(30)28-14-9-15-29(26-28)40-32-17-3-5-19-34(32)41(35-20-6-4-18-33(35)40)37-23-11-25-39-42(37)36-21-7-8-24-38(36)43-39/h1-26H/i1D,2D,3D,4D,5D,6D,7D,8D,9D,10D,11D,12D,13D,14D,15D,16D,17D,18D,19D,20D,21D,22D,23D,24D,25D,26D. The third-order valence-electron chi connectivity index (χ3n) is 7.01. The molecular weight excluding hydrogens is 520 g/mol. The van der Waals surface area contributed by atoms with Crippen LogP contribution in [0.15, 0.2) is 162 Å². The molecule has 43 heavy (non-hydrogen) atoms. The SMILES string of the molecule is [2H]c1c([2H])c(-c2c([2H])c([2H])c([2H])c3c([2H])c([2H])c([2H])c([2H])c23)c([2H])c(-c2c3c([2H])c([2H])c([2H])c([2H])c3c(-c3c([2H])c([2H])c([2H])c4oc5c([2H])c([2H])c([2H])c([2H])c5c34)c3c([2H])c([2H])c([2H])c([2H])c23)c1[2H]. The van der Waals surface area contributed by atoms with Crippen molar-refractivity contribution < 1.29 is 40.1 Å². The summed E-state index contributed by atoms with van der Waals surface area (Å²) in [6, 6.07) is -24.1. The molecule has 0 aliphatic carbocycles. The number of hydrogen-bond donors (Lipinski definition) is 0. The summed E-state index contributed by atoms with van der Waals surface area (Å²) in [7, 11) is 0. The molecule has 9 aromatic rings. The van der Waals surface area contributed by atoms with Crippen LogP contribution in [0.4, 0.5) is 0 Å². The number of benzene rings is 8. The molecule has 8 aromatic carbocycles. The first-order valence-corrected chi connectivity index (χ1v) is 12.7. The van der Waals surface area contributed by atoms with E-state index in [4.69, 9.17) is 30.5 Å². The third kappa shape index (κ3) is 3.65. The van der Waals surface area contributed by atoms with Gasteiger partial charge in [0.15, 0.2) is 0 Å². The van der Waals surface area contributed by atoms with E-state index in [1.807, 2.05) is 0 Å². The Balaban J connectivity index is 1.64. The van der Waals surface area contributed by atoms with Crippen LogP contribution in [0.25, 0.3) is 87.6 Å². The number of hydrogen-bond acceptors (Lipinski definition) is 1. The fourth-order valence-electron chi connectivity index (χ4n) is 5.27. The van der Waals surface area contributed by atoms with Crippen molar-refractivity contribution in [2.24, 2.45) is 0 Å². The van der Waals surface area contributed by atoms with E-state index in [-0.39, 0.29) is 0 Å². The number of fused-ring (bicyclic) bond motifs is 6. The van der Waals surface area contributed by atoms with Crippen LogP contribution in [-0.4, -0.2) is 0 Å². The highest BCUT2D eigenvalue weighted by atomic mass is 16.3. The summed E-state index contributed by atoms with van der Waals surface area (Å²) in [4.78, 5) is 0. The second kappa shape index (κ2) is 9.44. The lowest BCUT2D eigenvalue weighted by atomic mass is 9.84. The van der Waals surface area contributed by atoms with Crippen LogP contribution < -0.4 is 0 Å². The van der Waals surface area contributed by atoms with Crippen molar-refractivity contribution in [2.75, 3.05) is 0 Å². The smallest absolute Gasteiger partial charge is 0.136 e. The van der Waals surface area contributed by atoms with Crippen LogP contribution in [0.1, 0.15) is 35.6 Å². The van der Waals surface area contributed by atoms with E-state index in [0.29, 0.717) is 0 Å². The fourth-order valence-corrected chi connectivity index (χ4v) is 5.27. The summed E-state index contributed by atoms with van der Waals surface area (Å²) < 4.78 is 238. The van der Waals surface area contributed by atoms with Crippen molar-refractivity contribution in [3.63, 3.8) is 0 Å². The first kappa shape index (κ1) is 9.69. The highest BCUT2D eigenvalue weighted by molar-refractivity contribution is 6.25. The number of rotatable bonds is 3. The van der Waals surface area contributed by atoms with Crippen molar-refractivity contribution in [3.8, 4) is 33.4 Å². The predicted molar refractivity (Wildman–Crippen MR) is 183 cm³/mol. The normalized spacial score (nSPS) is 20.2. The Kier molecular flexibility index (Phi) is 2.13. The molecule has 0 saturated heterocycles. The van der Waals surface area contributed by atoms with Crippen LogP contribution in [0.5, 0.6) is 0 Å². The highest BCUT2D eigenvalue weighted by Gasteiger charge is 2.20. The van der Waals surface area contributed by atoms with E-state index in [9.17, 15) is 9.60 Å². The molecule has 1 aromatic heterocycles.